The highest BCUT2D eigenvalue weighted by Crippen LogP contribution is 2.21. The highest BCUT2D eigenvalue weighted by atomic mass is 32.2. The lowest BCUT2D eigenvalue weighted by Gasteiger charge is -2.09. The summed E-state index contributed by atoms with van der Waals surface area (Å²) in [6.07, 6.45) is 2.16. The van der Waals surface area contributed by atoms with Crippen LogP contribution in [0.2, 0.25) is 0 Å². The molecule has 4 heteroatoms. The van der Waals surface area contributed by atoms with Gasteiger partial charge >= 0.3 is 0 Å². The van der Waals surface area contributed by atoms with Gasteiger partial charge in [-0.25, -0.2) is 4.98 Å². The number of nitrogens with zero attached hydrogens (tertiary/aromatic N) is 1. The SMILES string of the molecule is CSCC(C)CNCc1nc2ccccc2s1. The van der Waals surface area contributed by atoms with Crippen LogP contribution < -0.4 is 5.32 Å². The Morgan fingerprint density at radius 3 is 3.00 bits per heavy atom. The predicted molar refractivity (Wildman–Crippen MR) is 78.9 cm³/mol. The maximum Gasteiger partial charge on any atom is 0.108 e. The number of nitrogens with one attached hydrogen (secondary N) is 1. The van der Waals surface area contributed by atoms with E-state index in [1.165, 1.54) is 15.5 Å². The molecule has 0 aliphatic rings. The zero-order valence-corrected chi connectivity index (χ0v) is 11.9. The van der Waals surface area contributed by atoms with Crippen molar-refractivity contribution in [2.24, 2.45) is 5.92 Å². The lowest BCUT2D eigenvalue weighted by Crippen LogP contribution is -2.21. The van der Waals surface area contributed by atoms with Gasteiger partial charge in [-0.15, -0.1) is 11.3 Å². The second kappa shape index (κ2) is 6.38. The van der Waals surface area contributed by atoms with Crippen LogP contribution in [0.1, 0.15) is 11.9 Å². The first-order chi connectivity index (χ1) is 8.29. The molecule has 0 amide bonds. The monoisotopic (exact) mass is 266 g/mol. The average Bonchev–Trinajstić information content (AvgIpc) is 2.71. The van der Waals surface area contributed by atoms with Crippen molar-refractivity contribution in [3.05, 3.63) is 29.3 Å². The van der Waals surface area contributed by atoms with Gasteiger partial charge in [-0.1, -0.05) is 19.1 Å². The van der Waals surface area contributed by atoms with Crippen molar-refractivity contribution in [2.75, 3.05) is 18.6 Å². The van der Waals surface area contributed by atoms with Crippen molar-refractivity contribution >= 4 is 33.3 Å². The summed E-state index contributed by atoms with van der Waals surface area (Å²) in [4.78, 5) is 4.61. The highest BCUT2D eigenvalue weighted by Gasteiger charge is 2.04. The fraction of sp³-hybridized carbons (Fsp3) is 0.462. The maximum atomic E-state index is 4.61. The van der Waals surface area contributed by atoms with E-state index in [0.717, 1.165) is 24.5 Å². The molecule has 1 aromatic carbocycles. The summed E-state index contributed by atoms with van der Waals surface area (Å²) >= 11 is 3.69. The van der Waals surface area contributed by atoms with Gasteiger partial charge in [-0.3, -0.25) is 0 Å². The van der Waals surface area contributed by atoms with Crippen molar-refractivity contribution in [1.82, 2.24) is 10.3 Å². The van der Waals surface area contributed by atoms with E-state index in [2.05, 4.69) is 41.7 Å². The number of para-hydroxylation sites is 1. The van der Waals surface area contributed by atoms with E-state index in [4.69, 9.17) is 0 Å². The Labute approximate surface area is 111 Å². The van der Waals surface area contributed by atoms with E-state index in [9.17, 15) is 0 Å². The molecule has 0 aliphatic carbocycles. The molecule has 0 bridgehead atoms. The largest absolute Gasteiger partial charge is 0.310 e. The van der Waals surface area contributed by atoms with Gasteiger partial charge in [-0.05, 0) is 36.6 Å². The molecule has 0 saturated heterocycles. The van der Waals surface area contributed by atoms with Gasteiger partial charge in [0, 0.05) is 6.54 Å². The van der Waals surface area contributed by atoms with Crippen LogP contribution in [0.5, 0.6) is 0 Å². The van der Waals surface area contributed by atoms with Gasteiger partial charge in [0.1, 0.15) is 5.01 Å². The van der Waals surface area contributed by atoms with Gasteiger partial charge in [0.15, 0.2) is 0 Å². The number of hydrogen-bond donors (Lipinski definition) is 1. The standard InChI is InChI=1S/C13H18N2S2/c1-10(9-16-2)7-14-8-13-15-11-5-3-4-6-12(11)17-13/h3-6,10,14H,7-9H2,1-2H3. The molecule has 1 N–H and O–H groups in total. The molecule has 92 valence electrons. The van der Waals surface area contributed by atoms with Crippen molar-refractivity contribution in [1.29, 1.82) is 0 Å². The summed E-state index contributed by atoms with van der Waals surface area (Å²) in [5.74, 6) is 1.94. The van der Waals surface area contributed by atoms with Crippen LogP contribution in [0.4, 0.5) is 0 Å². The number of aromatic nitrogens is 1. The minimum atomic E-state index is 0.722. The molecule has 1 atom stereocenters. The molecule has 1 heterocycles. The second-order valence-corrected chi connectivity index (χ2v) is 6.29. The van der Waals surface area contributed by atoms with Crippen molar-refractivity contribution in [3.63, 3.8) is 0 Å². The van der Waals surface area contributed by atoms with Gasteiger partial charge in [0.25, 0.3) is 0 Å². The van der Waals surface area contributed by atoms with Crippen molar-refractivity contribution in [2.45, 2.75) is 13.5 Å². The summed E-state index contributed by atoms with van der Waals surface area (Å²) < 4.78 is 1.28. The Balaban J connectivity index is 1.86. The van der Waals surface area contributed by atoms with E-state index in [-0.39, 0.29) is 0 Å². The quantitative estimate of drug-likeness (QED) is 0.867. The molecule has 2 aromatic rings. The Morgan fingerprint density at radius 1 is 1.41 bits per heavy atom. The summed E-state index contributed by atoms with van der Waals surface area (Å²) in [5.41, 5.74) is 1.12. The van der Waals surface area contributed by atoms with Crippen molar-refractivity contribution < 1.29 is 0 Å². The van der Waals surface area contributed by atoms with E-state index in [0.29, 0.717) is 0 Å². The lowest BCUT2D eigenvalue weighted by atomic mass is 10.2. The summed E-state index contributed by atoms with van der Waals surface area (Å²) in [6, 6.07) is 8.32. The number of rotatable bonds is 6. The summed E-state index contributed by atoms with van der Waals surface area (Å²) in [7, 11) is 0. The van der Waals surface area contributed by atoms with E-state index in [1.54, 1.807) is 11.3 Å². The smallest absolute Gasteiger partial charge is 0.108 e. The molecule has 0 fully saturated rings. The molecule has 1 aromatic heterocycles. The molecular weight excluding hydrogens is 248 g/mol. The maximum absolute atomic E-state index is 4.61. The van der Waals surface area contributed by atoms with Crippen molar-refractivity contribution in [3.8, 4) is 0 Å². The molecule has 0 spiro atoms. The Kier molecular flexibility index (Phi) is 4.83. The average molecular weight is 266 g/mol. The van der Waals surface area contributed by atoms with Crippen LogP contribution in [0.15, 0.2) is 24.3 Å². The van der Waals surface area contributed by atoms with E-state index < -0.39 is 0 Å². The fourth-order valence-electron chi connectivity index (χ4n) is 1.76. The second-order valence-electron chi connectivity index (χ2n) is 4.27. The minimum Gasteiger partial charge on any atom is -0.310 e. The van der Waals surface area contributed by atoms with Crippen LogP contribution in [-0.4, -0.2) is 23.5 Å². The number of thioether (sulfide) groups is 1. The van der Waals surface area contributed by atoms with Crippen LogP contribution in [0, 0.1) is 5.92 Å². The van der Waals surface area contributed by atoms with Crippen LogP contribution in [0.3, 0.4) is 0 Å². The van der Waals surface area contributed by atoms with E-state index >= 15 is 0 Å². The number of fused-ring (bicyclic) bond motifs is 1. The Morgan fingerprint density at radius 2 is 2.24 bits per heavy atom. The van der Waals surface area contributed by atoms with Gasteiger partial charge in [-0.2, -0.15) is 11.8 Å². The molecule has 2 nitrogen and oxygen atoms in total. The Bertz CT molecular complexity index is 434. The molecule has 0 radical (unpaired) electrons. The minimum absolute atomic E-state index is 0.722. The third-order valence-corrected chi connectivity index (χ3v) is 4.50. The zero-order valence-electron chi connectivity index (χ0n) is 10.3. The Hall–Kier alpha value is -0.580. The molecule has 1 unspecified atom stereocenters. The first-order valence-electron chi connectivity index (χ1n) is 5.83. The van der Waals surface area contributed by atoms with Crippen LogP contribution in [0.25, 0.3) is 10.2 Å². The van der Waals surface area contributed by atoms with Crippen LogP contribution >= 0.6 is 23.1 Å². The van der Waals surface area contributed by atoms with Gasteiger partial charge in [0.2, 0.25) is 0 Å². The molecule has 0 saturated carbocycles. The van der Waals surface area contributed by atoms with E-state index in [1.807, 2.05) is 17.8 Å². The van der Waals surface area contributed by atoms with Crippen LogP contribution in [-0.2, 0) is 6.54 Å². The van der Waals surface area contributed by atoms with Gasteiger partial charge in [0.05, 0.1) is 10.2 Å². The molecular formula is C13H18N2S2. The molecule has 0 aliphatic heterocycles. The summed E-state index contributed by atoms with van der Waals surface area (Å²) in [6.45, 7) is 4.23. The molecule has 2 rings (SSSR count). The molecule has 17 heavy (non-hydrogen) atoms. The zero-order chi connectivity index (χ0) is 12.1. The third-order valence-electron chi connectivity index (χ3n) is 2.56. The first-order valence-corrected chi connectivity index (χ1v) is 8.04. The summed E-state index contributed by atoms with van der Waals surface area (Å²) in [5, 5.41) is 4.66. The fourth-order valence-corrected chi connectivity index (χ4v) is 3.39. The highest BCUT2D eigenvalue weighted by molar-refractivity contribution is 7.98. The first kappa shape index (κ1) is 12.9. The normalized spacial score (nSPS) is 13.1. The van der Waals surface area contributed by atoms with Gasteiger partial charge < -0.3 is 5.32 Å². The topological polar surface area (TPSA) is 24.9 Å². The number of hydrogen-bond acceptors (Lipinski definition) is 4. The number of thiazole rings is 1. The predicted octanol–water partition coefficient (Wildman–Crippen LogP) is 3.39. The lowest BCUT2D eigenvalue weighted by molar-refractivity contribution is 0.559. The number of benzene rings is 1. The third kappa shape index (κ3) is 3.69.